The molecule has 2 aliphatic rings. The van der Waals surface area contributed by atoms with E-state index in [1.54, 1.807) is 12.1 Å². The second kappa shape index (κ2) is 6.64. The molecule has 0 bridgehead atoms. The summed E-state index contributed by atoms with van der Waals surface area (Å²) < 4.78 is 15.1. The molecule has 2 aliphatic heterocycles. The van der Waals surface area contributed by atoms with Gasteiger partial charge in [0.15, 0.2) is 0 Å². The maximum atomic E-state index is 15.1. The first kappa shape index (κ1) is 15.3. The molecule has 2 nitrogen and oxygen atoms in total. The molecular weight excluding hydrogens is 287 g/mol. The predicted molar refractivity (Wildman–Crippen MR) is 85.5 cm³/mol. The fourth-order valence-electron chi connectivity index (χ4n) is 3.57. The van der Waals surface area contributed by atoms with E-state index < -0.39 is 5.67 Å². The molecule has 1 aromatic carbocycles. The van der Waals surface area contributed by atoms with E-state index in [1.165, 1.54) is 12.8 Å². The van der Waals surface area contributed by atoms with E-state index >= 15 is 4.39 Å². The van der Waals surface area contributed by atoms with Crippen LogP contribution in [0.2, 0.25) is 5.02 Å². The molecule has 1 aromatic rings. The molecule has 3 rings (SSSR count). The molecule has 2 heterocycles. The highest BCUT2D eigenvalue weighted by atomic mass is 35.5. The minimum atomic E-state index is -1.17. The minimum Gasteiger partial charge on any atom is -0.316 e. The first-order valence-corrected chi connectivity index (χ1v) is 8.41. The van der Waals surface area contributed by atoms with E-state index in [-0.39, 0.29) is 0 Å². The van der Waals surface area contributed by atoms with E-state index in [1.807, 2.05) is 12.1 Å². The summed E-state index contributed by atoms with van der Waals surface area (Å²) in [6.45, 7) is 5.10. The van der Waals surface area contributed by atoms with Gasteiger partial charge in [-0.15, -0.1) is 0 Å². The quantitative estimate of drug-likeness (QED) is 0.917. The van der Waals surface area contributed by atoms with Crippen molar-refractivity contribution in [1.29, 1.82) is 0 Å². The van der Waals surface area contributed by atoms with Crippen LogP contribution in [-0.2, 0) is 5.67 Å². The van der Waals surface area contributed by atoms with Crippen LogP contribution in [0.25, 0.3) is 0 Å². The Labute approximate surface area is 131 Å². The third-order valence-corrected chi connectivity index (χ3v) is 5.18. The van der Waals surface area contributed by atoms with Gasteiger partial charge in [-0.2, -0.15) is 0 Å². The van der Waals surface area contributed by atoms with Gasteiger partial charge in [-0.1, -0.05) is 23.7 Å². The Hall–Kier alpha value is -0.640. The summed E-state index contributed by atoms with van der Waals surface area (Å²) in [7, 11) is 0. The molecule has 1 unspecified atom stereocenters. The van der Waals surface area contributed by atoms with Gasteiger partial charge in [0.1, 0.15) is 5.67 Å². The van der Waals surface area contributed by atoms with Crippen LogP contribution in [0.1, 0.15) is 31.2 Å². The van der Waals surface area contributed by atoms with Gasteiger partial charge in [-0.25, -0.2) is 4.39 Å². The lowest BCUT2D eigenvalue weighted by atomic mass is 9.85. The van der Waals surface area contributed by atoms with Crippen LogP contribution in [0.15, 0.2) is 24.3 Å². The van der Waals surface area contributed by atoms with Crippen LogP contribution < -0.4 is 5.32 Å². The molecular formula is C17H24ClFN2. The first-order valence-electron chi connectivity index (χ1n) is 8.04. The predicted octanol–water partition coefficient (Wildman–Crippen LogP) is 3.60. The summed E-state index contributed by atoms with van der Waals surface area (Å²) >= 11 is 5.89. The number of rotatable bonds is 3. The Morgan fingerprint density at radius 3 is 2.57 bits per heavy atom. The second-order valence-corrected chi connectivity index (χ2v) is 6.92. The SMILES string of the molecule is FC1(c2ccc(Cl)cc2)CCN(CC2CCCNC2)CC1. The molecule has 0 aromatic heterocycles. The van der Waals surface area contributed by atoms with Crippen molar-refractivity contribution in [3.8, 4) is 0 Å². The Morgan fingerprint density at radius 2 is 1.95 bits per heavy atom. The van der Waals surface area contributed by atoms with Crippen LogP contribution in [0.5, 0.6) is 0 Å². The van der Waals surface area contributed by atoms with Gasteiger partial charge in [0.2, 0.25) is 0 Å². The fourth-order valence-corrected chi connectivity index (χ4v) is 3.70. The lowest BCUT2D eigenvalue weighted by Crippen LogP contribution is -2.44. The number of benzene rings is 1. The molecule has 1 atom stereocenters. The van der Waals surface area contributed by atoms with Crippen molar-refractivity contribution in [2.24, 2.45) is 5.92 Å². The van der Waals surface area contributed by atoms with Crippen molar-refractivity contribution < 1.29 is 4.39 Å². The third-order valence-electron chi connectivity index (χ3n) is 4.93. The third kappa shape index (κ3) is 3.77. The van der Waals surface area contributed by atoms with Crippen LogP contribution >= 0.6 is 11.6 Å². The summed E-state index contributed by atoms with van der Waals surface area (Å²) in [5, 5.41) is 4.13. The zero-order chi connectivity index (χ0) is 14.7. The Kier molecular flexibility index (Phi) is 4.82. The van der Waals surface area contributed by atoms with E-state index in [9.17, 15) is 0 Å². The van der Waals surface area contributed by atoms with Crippen LogP contribution in [0, 0.1) is 5.92 Å². The van der Waals surface area contributed by atoms with Crippen molar-refractivity contribution in [1.82, 2.24) is 10.2 Å². The van der Waals surface area contributed by atoms with Gasteiger partial charge in [0, 0.05) is 24.7 Å². The highest BCUT2D eigenvalue weighted by Gasteiger charge is 2.36. The molecule has 0 spiro atoms. The lowest BCUT2D eigenvalue weighted by molar-refractivity contribution is 0.0470. The normalized spacial score (nSPS) is 26.7. The smallest absolute Gasteiger partial charge is 0.138 e. The van der Waals surface area contributed by atoms with Crippen molar-refractivity contribution in [2.75, 3.05) is 32.7 Å². The van der Waals surface area contributed by atoms with Crippen LogP contribution in [0.3, 0.4) is 0 Å². The zero-order valence-electron chi connectivity index (χ0n) is 12.5. The number of hydrogen-bond acceptors (Lipinski definition) is 2. The highest BCUT2D eigenvalue weighted by Crippen LogP contribution is 2.37. The van der Waals surface area contributed by atoms with E-state index in [0.717, 1.165) is 44.2 Å². The summed E-state index contributed by atoms with van der Waals surface area (Å²) in [6.07, 6.45) is 3.77. The Bertz CT molecular complexity index is 448. The van der Waals surface area contributed by atoms with Gasteiger partial charge in [0.25, 0.3) is 0 Å². The Balaban J connectivity index is 1.55. The standard InChI is InChI=1S/C17H24ClFN2/c18-16-5-3-15(4-6-16)17(19)7-10-21(11-8-17)13-14-2-1-9-20-12-14/h3-6,14,20H,1-2,7-13H2. The molecule has 0 saturated carbocycles. The van der Waals surface area contributed by atoms with E-state index in [2.05, 4.69) is 10.2 Å². The van der Waals surface area contributed by atoms with Crippen molar-refractivity contribution >= 4 is 11.6 Å². The fraction of sp³-hybridized carbons (Fsp3) is 0.647. The Morgan fingerprint density at radius 1 is 1.24 bits per heavy atom. The average Bonchev–Trinajstić information content (AvgIpc) is 2.51. The lowest BCUT2D eigenvalue weighted by Gasteiger charge is -2.38. The van der Waals surface area contributed by atoms with Crippen LogP contribution in [-0.4, -0.2) is 37.6 Å². The summed E-state index contributed by atoms with van der Waals surface area (Å²) in [6, 6.07) is 7.25. The maximum absolute atomic E-state index is 15.1. The molecule has 2 saturated heterocycles. The number of piperidine rings is 2. The van der Waals surface area contributed by atoms with E-state index in [4.69, 9.17) is 11.6 Å². The van der Waals surface area contributed by atoms with Crippen molar-refractivity contribution in [3.63, 3.8) is 0 Å². The van der Waals surface area contributed by atoms with Crippen molar-refractivity contribution in [2.45, 2.75) is 31.4 Å². The molecule has 116 valence electrons. The number of nitrogens with one attached hydrogen (secondary N) is 1. The number of halogens is 2. The van der Waals surface area contributed by atoms with Crippen LogP contribution in [0.4, 0.5) is 4.39 Å². The number of likely N-dealkylation sites (tertiary alicyclic amines) is 1. The topological polar surface area (TPSA) is 15.3 Å². The number of alkyl halides is 1. The molecule has 1 N–H and O–H groups in total. The van der Waals surface area contributed by atoms with Gasteiger partial charge in [0.05, 0.1) is 0 Å². The van der Waals surface area contributed by atoms with Gasteiger partial charge in [-0.3, -0.25) is 0 Å². The minimum absolute atomic E-state index is 0.592. The molecule has 4 heteroatoms. The number of nitrogens with zero attached hydrogens (tertiary/aromatic N) is 1. The molecule has 2 fully saturated rings. The zero-order valence-corrected chi connectivity index (χ0v) is 13.2. The summed E-state index contributed by atoms with van der Waals surface area (Å²) in [4.78, 5) is 2.44. The highest BCUT2D eigenvalue weighted by molar-refractivity contribution is 6.30. The van der Waals surface area contributed by atoms with E-state index in [0.29, 0.717) is 17.9 Å². The molecule has 0 radical (unpaired) electrons. The second-order valence-electron chi connectivity index (χ2n) is 6.49. The molecule has 21 heavy (non-hydrogen) atoms. The molecule has 0 amide bonds. The summed E-state index contributed by atoms with van der Waals surface area (Å²) in [5.74, 6) is 0.737. The number of hydrogen-bond donors (Lipinski definition) is 1. The van der Waals surface area contributed by atoms with Gasteiger partial charge >= 0.3 is 0 Å². The first-order chi connectivity index (χ1) is 10.2. The van der Waals surface area contributed by atoms with Gasteiger partial charge in [-0.05, 0) is 62.4 Å². The van der Waals surface area contributed by atoms with Crippen molar-refractivity contribution in [3.05, 3.63) is 34.9 Å². The largest absolute Gasteiger partial charge is 0.316 e. The molecule has 0 aliphatic carbocycles. The maximum Gasteiger partial charge on any atom is 0.138 e. The van der Waals surface area contributed by atoms with Gasteiger partial charge < -0.3 is 10.2 Å². The summed E-state index contributed by atoms with van der Waals surface area (Å²) in [5.41, 5.74) is -0.391. The monoisotopic (exact) mass is 310 g/mol. The average molecular weight is 311 g/mol.